The van der Waals surface area contributed by atoms with Crippen LogP contribution >= 0.6 is 0 Å². The second-order valence-corrected chi connectivity index (χ2v) is 8.62. The minimum absolute atomic E-state index is 0.113. The predicted octanol–water partition coefficient (Wildman–Crippen LogP) is 3.58. The summed E-state index contributed by atoms with van der Waals surface area (Å²) in [6.45, 7) is 3.24. The van der Waals surface area contributed by atoms with Gasteiger partial charge in [0, 0.05) is 43.3 Å². The second-order valence-electron chi connectivity index (χ2n) is 8.62. The van der Waals surface area contributed by atoms with Crippen molar-refractivity contribution in [3.05, 3.63) is 34.1 Å². The zero-order valence-corrected chi connectivity index (χ0v) is 17.0. The first kappa shape index (κ1) is 18.9. The van der Waals surface area contributed by atoms with Crippen LogP contribution in [0.5, 0.6) is 11.5 Å². The van der Waals surface area contributed by atoms with Crippen molar-refractivity contribution in [3.8, 4) is 11.5 Å². The average molecular weight is 399 g/mol. The summed E-state index contributed by atoms with van der Waals surface area (Å²) in [7, 11) is 0. The first-order valence-electron chi connectivity index (χ1n) is 11.1. The van der Waals surface area contributed by atoms with Crippen molar-refractivity contribution < 1.29 is 14.2 Å². The molecule has 0 unspecified atom stereocenters. The SMILES string of the molecule is O=c1c(CNC[C@@H]2CCCO2)cc2cc3c(cc2n1CC1CCCCC1)OCO3. The molecule has 6 nitrogen and oxygen atoms in total. The standard InChI is InChI=1S/C23H30N2O4/c26-23-18(12-24-13-19-7-4-8-27-19)9-17-10-21-22(29-15-28-21)11-20(17)25(23)14-16-5-2-1-3-6-16/h9-11,16,19,24H,1-8,12-15H2/t19-/m0/s1. The van der Waals surface area contributed by atoms with E-state index in [1.54, 1.807) is 0 Å². The normalized spacial score (nSPS) is 21.9. The Morgan fingerprint density at radius 1 is 1.00 bits per heavy atom. The summed E-state index contributed by atoms with van der Waals surface area (Å²) < 4.78 is 18.8. The van der Waals surface area contributed by atoms with E-state index in [0.29, 0.717) is 12.5 Å². The molecule has 1 atom stereocenters. The molecule has 3 heterocycles. The molecule has 1 aliphatic carbocycles. The first-order valence-corrected chi connectivity index (χ1v) is 11.1. The summed E-state index contributed by atoms with van der Waals surface area (Å²) in [5.74, 6) is 2.07. The van der Waals surface area contributed by atoms with Crippen molar-refractivity contribution in [3.63, 3.8) is 0 Å². The molecule has 1 N–H and O–H groups in total. The number of fused-ring (bicyclic) bond motifs is 2. The van der Waals surface area contributed by atoms with E-state index in [4.69, 9.17) is 14.2 Å². The third-order valence-electron chi connectivity index (χ3n) is 6.54. The molecule has 0 radical (unpaired) electrons. The largest absolute Gasteiger partial charge is 0.454 e. The zero-order valence-electron chi connectivity index (χ0n) is 17.0. The van der Waals surface area contributed by atoms with E-state index in [2.05, 4.69) is 5.32 Å². The smallest absolute Gasteiger partial charge is 0.255 e. The summed E-state index contributed by atoms with van der Waals surface area (Å²) in [6, 6.07) is 6.00. The van der Waals surface area contributed by atoms with Gasteiger partial charge in [0.15, 0.2) is 11.5 Å². The van der Waals surface area contributed by atoms with Gasteiger partial charge in [-0.2, -0.15) is 0 Å². The summed E-state index contributed by atoms with van der Waals surface area (Å²) in [5.41, 5.74) is 1.87. The van der Waals surface area contributed by atoms with Crippen LogP contribution in [0.4, 0.5) is 0 Å². The van der Waals surface area contributed by atoms with Crippen LogP contribution in [0, 0.1) is 5.92 Å². The van der Waals surface area contributed by atoms with Gasteiger partial charge in [0.25, 0.3) is 5.56 Å². The molecule has 0 amide bonds. The highest BCUT2D eigenvalue weighted by molar-refractivity contribution is 5.84. The first-order chi connectivity index (χ1) is 14.3. The van der Waals surface area contributed by atoms with Crippen molar-refractivity contribution in [1.29, 1.82) is 0 Å². The third-order valence-corrected chi connectivity index (χ3v) is 6.54. The lowest BCUT2D eigenvalue weighted by atomic mass is 9.89. The average Bonchev–Trinajstić information content (AvgIpc) is 3.42. The molecule has 1 aromatic heterocycles. The summed E-state index contributed by atoms with van der Waals surface area (Å²) in [6.07, 6.45) is 8.77. The van der Waals surface area contributed by atoms with Gasteiger partial charge in [-0.3, -0.25) is 4.79 Å². The number of aromatic nitrogens is 1. The van der Waals surface area contributed by atoms with E-state index in [1.165, 1.54) is 32.1 Å². The topological polar surface area (TPSA) is 61.7 Å². The van der Waals surface area contributed by atoms with Crippen molar-refractivity contribution >= 4 is 10.9 Å². The molecule has 2 aromatic rings. The highest BCUT2D eigenvalue weighted by atomic mass is 16.7. The lowest BCUT2D eigenvalue weighted by Gasteiger charge is -2.24. The molecule has 2 fully saturated rings. The molecule has 0 spiro atoms. The molecule has 1 aromatic carbocycles. The third kappa shape index (κ3) is 4.01. The van der Waals surface area contributed by atoms with Gasteiger partial charge in [0.2, 0.25) is 6.79 Å². The van der Waals surface area contributed by atoms with E-state index in [-0.39, 0.29) is 18.5 Å². The number of nitrogens with zero attached hydrogens (tertiary/aromatic N) is 1. The van der Waals surface area contributed by atoms with Crippen LogP contribution in [-0.2, 0) is 17.8 Å². The predicted molar refractivity (Wildman–Crippen MR) is 112 cm³/mol. The fraction of sp³-hybridized carbons (Fsp3) is 0.609. The van der Waals surface area contributed by atoms with Gasteiger partial charge in [0.1, 0.15) is 0 Å². The monoisotopic (exact) mass is 398 g/mol. The maximum atomic E-state index is 13.4. The summed E-state index contributed by atoms with van der Waals surface area (Å²) in [4.78, 5) is 13.4. The minimum atomic E-state index is 0.113. The van der Waals surface area contributed by atoms with E-state index >= 15 is 0 Å². The van der Waals surface area contributed by atoms with Crippen LogP contribution in [0.1, 0.15) is 50.5 Å². The van der Waals surface area contributed by atoms with Crippen LogP contribution in [0.25, 0.3) is 10.9 Å². The van der Waals surface area contributed by atoms with Gasteiger partial charge in [-0.15, -0.1) is 0 Å². The Hall–Kier alpha value is -2.05. The molecule has 1 saturated carbocycles. The molecule has 0 bridgehead atoms. The van der Waals surface area contributed by atoms with Crippen LogP contribution in [0.2, 0.25) is 0 Å². The number of nitrogens with one attached hydrogen (secondary N) is 1. The van der Waals surface area contributed by atoms with Crippen LogP contribution in [-0.4, -0.2) is 30.6 Å². The van der Waals surface area contributed by atoms with E-state index in [9.17, 15) is 4.79 Å². The molecule has 5 rings (SSSR count). The van der Waals surface area contributed by atoms with Gasteiger partial charge >= 0.3 is 0 Å². The van der Waals surface area contributed by atoms with Crippen LogP contribution in [0.15, 0.2) is 23.0 Å². The number of hydrogen-bond acceptors (Lipinski definition) is 5. The fourth-order valence-corrected chi connectivity index (χ4v) is 4.94. The summed E-state index contributed by atoms with van der Waals surface area (Å²) >= 11 is 0. The Kier molecular flexibility index (Phi) is 5.46. The number of ether oxygens (including phenoxy) is 3. The number of hydrogen-bond donors (Lipinski definition) is 1. The van der Waals surface area contributed by atoms with Crippen LogP contribution in [0.3, 0.4) is 0 Å². The molecule has 29 heavy (non-hydrogen) atoms. The van der Waals surface area contributed by atoms with Crippen LogP contribution < -0.4 is 20.3 Å². The fourth-order valence-electron chi connectivity index (χ4n) is 4.94. The molecule has 6 heteroatoms. The van der Waals surface area contributed by atoms with Gasteiger partial charge in [0.05, 0.1) is 11.6 Å². The molecular formula is C23H30N2O4. The minimum Gasteiger partial charge on any atom is -0.454 e. The van der Waals surface area contributed by atoms with Crippen molar-refractivity contribution in [2.45, 2.75) is 64.1 Å². The van der Waals surface area contributed by atoms with Gasteiger partial charge in [-0.25, -0.2) is 0 Å². The Balaban J connectivity index is 1.46. The second kappa shape index (κ2) is 8.36. The number of rotatable bonds is 6. The quantitative estimate of drug-likeness (QED) is 0.806. The van der Waals surface area contributed by atoms with E-state index in [1.807, 2.05) is 22.8 Å². The maximum absolute atomic E-state index is 13.4. The van der Waals surface area contributed by atoms with Gasteiger partial charge in [-0.05, 0) is 43.7 Å². The van der Waals surface area contributed by atoms with Gasteiger partial charge < -0.3 is 24.1 Å². The maximum Gasteiger partial charge on any atom is 0.255 e. The lowest BCUT2D eigenvalue weighted by Crippen LogP contribution is -2.32. The Bertz CT molecular complexity index is 927. The Morgan fingerprint density at radius 3 is 2.62 bits per heavy atom. The highest BCUT2D eigenvalue weighted by Crippen LogP contribution is 2.36. The van der Waals surface area contributed by atoms with Crippen molar-refractivity contribution in [2.75, 3.05) is 19.9 Å². The number of pyridine rings is 1. The van der Waals surface area contributed by atoms with E-state index in [0.717, 1.165) is 60.5 Å². The van der Waals surface area contributed by atoms with Gasteiger partial charge in [-0.1, -0.05) is 19.3 Å². The van der Waals surface area contributed by atoms with Crippen molar-refractivity contribution in [1.82, 2.24) is 9.88 Å². The molecule has 156 valence electrons. The van der Waals surface area contributed by atoms with Crippen molar-refractivity contribution in [2.24, 2.45) is 5.92 Å². The molecule has 3 aliphatic rings. The van der Waals surface area contributed by atoms with E-state index < -0.39 is 0 Å². The molecule has 1 saturated heterocycles. The number of benzene rings is 1. The molecular weight excluding hydrogens is 368 g/mol. The summed E-state index contributed by atoms with van der Waals surface area (Å²) in [5, 5.41) is 4.48. The zero-order chi connectivity index (χ0) is 19.6. The lowest BCUT2D eigenvalue weighted by molar-refractivity contribution is 0.110. The molecule has 2 aliphatic heterocycles. The highest BCUT2D eigenvalue weighted by Gasteiger charge is 2.21. The Morgan fingerprint density at radius 2 is 1.83 bits per heavy atom. The Labute approximate surface area is 171 Å².